The van der Waals surface area contributed by atoms with E-state index >= 15 is 0 Å². The fourth-order valence-corrected chi connectivity index (χ4v) is 3.80. The number of hydrogen-bond donors (Lipinski definition) is 1. The lowest BCUT2D eigenvalue weighted by molar-refractivity contribution is -0.130. The molecule has 0 atom stereocenters. The topological polar surface area (TPSA) is 32.3 Å². The predicted octanol–water partition coefficient (Wildman–Crippen LogP) is 2.93. The Balaban J connectivity index is 0.00000200. The molecule has 2 saturated heterocycles. The van der Waals surface area contributed by atoms with Crippen LogP contribution in [0.2, 0.25) is 0 Å². The van der Waals surface area contributed by atoms with Gasteiger partial charge in [0, 0.05) is 17.8 Å². The van der Waals surface area contributed by atoms with Gasteiger partial charge in [-0.15, -0.1) is 24.2 Å². The molecule has 0 aromatic heterocycles. The Kier molecular flexibility index (Phi) is 6.68. The van der Waals surface area contributed by atoms with Crippen LogP contribution in [0.1, 0.15) is 46.5 Å². The SMILES string of the molecule is CC(C)(C)SCC(=O)N1CCC2(CCNCC2)CC1.Cl. The first-order chi connectivity index (χ1) is 8.90. The van der Waals surface area contributed by atoms with Crippen molar-refractivity contribution in [3.8, 4) is 0 Å². The first-order valence-electron chi connectivity index (χ1n) is 7.53. The summed E-state index contributed by atoms with van der Waals surface area (Å²) in [6, 6.07) is 0. The van der Waals surface area contributed by atoms with Crippen LogP contribution in [0.25, 0.3) is 0 Å². The fourth-order valence-electron chi connectivity index (χ4n) is 3.06. The highest BCUT2D eigenvalue weighted by Crippen LogP contribution is 2.39. The Morgan fingerprint density at radius 1 is 1.15 bits per heavy atom. The highest BCUT2D eigenvalue weighted by Gasteiger charge is 2.36. The standard InChI is InChI=1S/C15H28N2OS.ClH/c1-14(2,3)19-12-13(18)17-10-6-15(7-11-17)4-8-16-9-5-15;/h16H,4-12H2,1-3H3;1H. The molecular weight excluding hydrogens is 292 g/mol. The molecule has 0 bridgehead atoms. The molecular formula is C15H29ClN2OS. The van der Waals surface area contributed by atoms with E-state index in [4.69, 9.17) is 0 Å². The van der Waals surface area contributed by atoms with Gasteiger partial charge in [0.25, 0.3) is 0 Å². The van der Waals surface area contributed by atoms with Crippen molar-refractivity contribution < 1.29 is 4.79 Å². The van der Waals surface area contributed by atoms with Gasteiger partial charge in [-0.05, 0) is 44.2 Å². The van der Waals surface area contributed by atoms with Crippen LogP contribution in [0.3, 0.4) is 0 Å². The molecule has 0 aliphatic carbocycles. The van der Waals surface area contributed by atoms with Gasteiger partial charge in [0.2, 0.25) is 5.91 Å². The van der Waals surface area contributed by atoms with Crippen molar-refractivity contribution in [2.75, 3.05) is 31.9 Å². The minimum absolute atomic E-state index is 0. The van der Waals surface area contributed by atoms with E-state index < -0.39 is 0 Å². The van der Waals surface area contributed by atoms with Gasteiger partial charge in [0.15, 0.2) is 0 Å². The number of carbonyl (C=O) groups excluding carboxylic acids is 1. The summed E-state index contributed by atoms with van der Waals surface area (Å²) in [5, 5.41) is 3.44. The third kappa shape index (κ3) is 5.12. The molecule has 0 unspecified atom stereocenters. The third-order valence-electron chi connectivity index (χ3n) is 4.47. The Hall–Kier alpha value is 0.0700. The maximum absolute atomic E-state index is 12.2. The van der Waals surface area contributed by atoms with Crippen LogP contribution in [-0.4, -0.2) is 47.5 Å². The molecule has 3 nitrogen and oxygen atoms in total. The lowest BCUT2D eigenvalue weighted by Gasteiger charge is -2.44. The molecule has 2 heterocycles. The number of piperidine rings is 2. The molecule has 2 rings (SSSR count). The Bertz CT molecular complexity index is 314. The molecule has 2 fully saturated rings. The summed E-state index contributed by atoms with van der Waals surface area (Å²) in [6.45, 7) is 10.8. The number of carbonyl (C=O) groups is 1. The molecule has 0 saturated carbocycles. The number of amides is 1. The van der Waals surface area contributed by atoms with Crippen LogP contribution >= 0.6 is 24.2 Å². The summed E-state index contributed by atoms with van der Waals surface area (Å²) < 4.78 is 0.182. The second-order valence-electron chi connectivity index (χ2n) is 7.03. The van der Waals surface area contributed by atoms with Crippen LogP contribution in [0.5, 0.6) is 0 Å². The normalized spacial score (nSPS) is 22.4. The molecule has 5 heteroatoms. The molecule has 118 valence electrons. The van der Waals surface area contributed by atoms with E-state index in [1.165, 1.54) is 25.7 Å². The second kappa shape index (κ2) is 7.37. The average Bonchev–Trinajstić information content (AvgIpc) is 2.37. The minimum Gasteiger partial charge on any atom is -0.342 e. The van der Waals surface area contributed by atoms with E-state index in [0.29, 0.717) is 17.1 Å². The highest BCUT2D eigenvalue weighted by molar-refractivity contribution is 8.01. The first-order valence-corrected chi connectivity index (χ1v) is 8.51. The number of likely N-dealkylation sites (tertiary alicyclic amines) is 1. The molecule has 1 amide bonds. The van der Waals surface area contributed by atoms with Crippen molar-refractivity contribution in [1.29, 1.82) is 0 Å². The van der Waals surface area contributed by atoms with Gasteiger partial charge in [-0.3, -0.25) is 4.79 Å². The van der Waals surface area contributed by atoms with Crippen molar-refractivity contribution in [2.24, 2.45) is 5.41 Å². The zero-order chi connectivity index (χ0) is 13.9. The summed E-state index contributed by atoms with van der Waals surface area (Å²) in [6.07, 6.45) is 5.01. The van der Waals surface area contributed by atoms with E-state index in [-0.39, 0.29) is 17.2 Å². The smallest absolute Gasteiger partial charge is 0.232 e. The van der Waals surface area contributed by atoms with E-state index in [1.807, 2.05) is 0 Å². The Morgan fingerprint density at radius 2 is 1.70 bits per heavy atom. The van der Waals surface area contributed by atoms with Crippen LogP contribution in [-0.2, 0) is 4.79 Å². The van der Waals surface area contributed by atoms with Gasteiger partial charge in [0.05, 0.1) is 5.75 Å². The monoisotopic (exact) mass is 320 g/mol. The Labute approximate surface area is 134 Å². The number of thioether (sulfide) groups is 1. The molecule has 2 aliphatic heterocycles. The summed E-state index contributed by atoms with van der Waals surface area (Å²) >= 11 is 1.76. The first kappa shape index (κ1) is 18.1. The maximum Gasteiger partial charge on any atom is 0.232 e. The van der Waals surface area contributed by atoms with E-state index in [9.17, 15) is 4.79 Å². The van der Waals surface area contributed by atoms with E-state index in [1.54, 1.807) is 11.8 Å². The largest absolute Gasteiger partial charge is 0.342 e. The van der Waals surface area contributed by atoms with Crippen molar-refractivity contribution in [1.82, 2.24) is 10.2 Å². The van der Waals surface area contributed by atoms with Gasteiger partial charge in [-0.1, -0.05) is 20.8 Å². The molecule has 2 aliphatic rings. The van der Waals surface area contributed by atoms with Gasteiger partial charge < -0.3 is 10.2 Å². The summed E-state index contributed by atoms with van der Waals surface area (Å²) in [7, 11) is 0. The number of halogens is 1. The van der Waals surface area contributed by atoms with Crippen LogP contribution in [0.4, 0.5) is 0 Å². The molecule has 20 heavy (non-hydrogen) atoms. The van der Waals surface area contributed by atoms with Crippen molar-refractivity contribution in [3.05, 3.63) is 0 Å². The summed E-state index contributed by atoms with van der Waals surface area (Å²) in [5.41, 5.74) is 0.541. The van der Waals surface area contributed by atoms with Crippen LogP contribution in [0, 0.1) is 5.41 Å². The zero-order valence-electron chi connectivity index (χ0n) is 13.0. The van der Waals surface area contributed by atoms with Crippen LogP contribution in [0.15, 0.2) is 0 Å². The average molecular weight is 321 g/mol. The van der Waals surface area contributed by atoms with Gasteiger partial charge >= 0.3 is 0 Å². The fraction of sp³-hybridized carbons (Fsp3) is 0.933. The van der Waals surface area contributed by atoms with Gasteiger partial charge in [-0.2, -0.15) is 0 Å². The third-order valence-corrected chi connectivity index (χ3v) is 5.73. The number of hydrogen-bond acceptors (Lipinski definition) is 3. The van der Waals surface area contributed by atoms with Gasteiger partial charge in [0.1, 0.15) is 0 Å². The molecule has 1 spiro atoms. The summed E-state index contributed by atoms with van der Waals surface area (Å²) in [4.78, 5) is 14.3. The summed E-state index contributed by atoms with van der Waals surface area (Å²) in [5.74, 6) is 0.974. The Morgan fingerprint density at radius 3 is 2.20 bits per heavy atom. The maximum atomic E-state index is 12.2. The molecule has 0 aromatic carbocycles. The molecule has 0 radical (unpaired) electrons. The predicted molar refractivity (Wildman–Crippen MR) is 89.8 cm³/mol. The van der Waals surface area contributed by atoms with E-state index in [2.05, 4.69) is 31.0 Å². The zero-order valence-corrected chi connectivity index (χ0v) is 14.7. The number of nitrogens with one attached hydrogen (secondary N) is 1. The second-order valence-corrected chi connectivity index (χ2v) is 8.83. The number of rotatable bonds is 2. The van der Waals surface area contributed by atoms with Gasteiger partial charge in [-0.25, -0.2) is 0 Å². The van der Waals surface area contributed by atoms with E-state index in [0.717, 1.165) is 26.2 Å². The highest BCUT2D eigenvalue weighted by atomic mass is 35.5. The van der Waals surface area contributed by atoms with Crippen molar-refractivity contribution in [2.45, 2.75) is 51.2 Å². The lowest BCUT2D eigenvalue weighted by Crippen LogP contribution is -2.47. The number of nitrogens with zero attached hydrogens (tertiary/aromatic N) is 1. The lowest BCUT2D eigenvalue weighted by atomic mass is 9.71. The van der Waals surface area contributed by atoms with Crippen LogP contribution < -0.4 is 5.32 Å². The minimum atomic E-state index is 0. The van der Waals surface area contributed by atoms with Crippen molar-refractivity contribution >= 4 is 30.1 Å². The quantitative estimate of drug-likeness (QED) is 0.849. The molecule has 0 aromatic rings. The molecule has 1 N–H and O–H groups in total. The van der Waals surface area contributed by atoms with Crippen molar-refractivity contribution in [3.63, 3.8) is 0 Å².